The van der Waals surface area contributed by atoms with Crippen LogP contribution in [0.4, 0.5) is 22.7 Å². The molecular weight excluding hydrogens is 516 g/mol. The monoisotopic (exact) mass is 548 g/mol. The lowest BCUT2D eigenvalue weighted by Crippen LogP contribution is -2.46. The molecule has 2 amide bonds. The fraction of sp³-hybridized carbons (Fsp3) is 0.286. The first-order chi connectivity index (χ1) is 18.7. The van der Waals surface area contributed by atoms with E-state index in [-0.39, 0.29) is 11.8 Å². The van der Waals surface area contributed by atoms with Crippen LogP contribution in [0.15, 0.2) is 60.7 Å². The Labute approximate surface area is 228 Å². The normalized spacial score (nSPS) is 15.8. The van der Waals surface area contributed by atoms with E-state index in [0.29, 0.717) is 46.0 Å². The number of anilines is 4. The second-order valence-electron chi connectivity index (χ2n) is 9.92. The highest BCUT2D eigenvalue weighted by Gasteiger charge is 2.22. The number of hydrogen-bond acceptors (Lipinski definition) is 7. The molecule has 3 aromatic carbocycles. The van der Waals surface area contributed by atoms with Crippen LogP contribution in [0.2, 0.25) is 0 Å². The van der Waals surface area contributed by atoms with Crippen molar-refractivity contribution in [1.29, 1.82) is 0 Å². The number of hydrogen-bond donors (Lipinski definition) is 4. The van der Waals surface area contributed by atoms with Crippen molar-refractivity contribution < 1.29 is 18.0 Å². The number of likely N-dealkylation sites (N-methyl/N-ethyl adjacent to an activating group) is 1. The second kappa shape index (κ2) is 11.0. The molecule has 10 nitrogen and oxygen atoms in total. The quantitative estimate of drug-likeness (QED) is 0.358. The van der Waals surface area contributed by atoms with E-state index in [1.54, 1.807) is 42.5 Å². The van der Waals surface area contributed by atoms with Crippen molar-refractivity contribution in [2.75, 3.05) is 67.9 Å². The predicted molar refractivity (Wildman–Crippen MR) is 154 cm³/mol. The van der Waals surface area contributed by atoms with Gasteiger partial charge in [0, 0.05) is 50.4 Å². The third-order valence-corrected chi connectivity index (χ3v) is 7.50. The minimum absolute atomic E-state index is 0.194. The summed E-state index contributed by atoms with van der Waals surface area (Å²) < 4.78 is 26.2. The van der Waals surface area contributed by atoms with Gasteiger partial charge >= 0.3 is 0 Å². The number of nitrogens with zero attached hydrogens (tertiary/aromatic N) is 2. The number of piperazine rings is 1. The standard InChI is InChI=1S/C28H32N6O4S/c1-33-13-15-34(16-14-33)12-11-29-27(35)20-8-10-24-26(18-20)31-28(36)22-9-7-19(17-25(22)30-24)21-5-3-4-6-23(21)32-39(2,37)38/h3-10,17-18,30,32H,11-16H2,1-2H3,(H,29,35)(H,31,36). The van der Waals surface area contributed by atoms with Crippen LogP contribution in [0.3, 0.4) is 0 Å². The van der Waals surface area contributed by atoms with E-state index < -0.39 is 10.0 Å². The Balaban J connectivity index is 1.32. The van der Waals surface area contributed by atoms with Gasteiger partial charge < -0.3 is 20.9 Å². The van der Waals surface area contributed by atoms with Gasteiger partial charge in [0.1, 0.15) is 0 Å². The zero-order valence-electron chi connectivity index (χ0n) is 22.0. The molecule has 39 heavy (non-hydrogen) atoms. The van der Waals surface area contributed by atoms with Gasteiger partial charge in [-0.05, 0) is 49.0 Å². The molecule has 0 saturated carbocycles. The van der Waals surface area contributed by atoms with Crippen LogP contribution >= 0.6 is 0 Å². The van der Waals surface area contributed by atoms with E-state index in [1.807, 2.05) is 18.2 Å². The number of sulfonamides is 1. The second-order valence-corrected chi connectivity index (χ2v) is 11.7. The fourth-order valence-electron chi connectivity index (χ4n) is 4.77. The highest BCUT2D eigenvalue weighted by molar-refractivity contribution is 7.92. The number of para-hydroxylation sites is 1. The number of carbonyl (C=O) groups excluding carboxylic acids is 2. The van der Waals surface area contributed by atoms with Crippen molar-refractivity contribution in [2.24, 2.45) is 0 Å². The molecule has 0 aromatic heterocycles. The van der Waals surface area contributed by atoms with Crippen LogP contribution < -0.4 is 20.7 Å². The van der Waals surface area contributed by atoms with Gasteiger partial charge in [-0.2, -0.15) is 0 Å². The highest BCUT2D eigenvalue weighted by atomic mass is 32.2. The molecule has 3 aromatic rings. The lowest BCUT2D eigenvalue weighted by molar-refractivity contribution is 0.0940. The van der Waals surface area contributed by atoms with E-state index in [1.165, 1.54) is 0 Å². The maximum Gasteiger partial charge on any atom is 0.257 e. The van der Waals surface area contributed by atoms with E-state index in [0.717, 1.165) is 44.5 Å². The van der Waals surface area contributed by atoms with E-state index in [9.17, 15) is 18.0 Å². The maximum atomic E-state index is 13.1. The number of fused-ring (bicyclic) bond motifs is 2. The van der Waals surface area contributed by atoms with Crippen LogP contribution in [0.5, 0.6) is 0 Å². The average molecular weight is 549 g/mol. The molecule has 0 aliphatic carbocycles. The third-order valence-electron chi connectivity index (χ3n) is 6.91. The molecular formula is C28H32N6O4S. The third kappa shape index (κ3) is 6.39. The first-order valence-corrected chi connectivity index (χ1v) is 14.7. The summed E-state index contributed by atoms with van der Waals surface area (Å²) in [6.07, 6.45) is 1.10. The Morgan fingerprint density at radius 1 is 0.897 bits per heavy atom. The number of rotatable bonds is 7. The molecule has 2 heterocycles. The Kier molecular flexibility index (Phi) is 7.56. The van der Waals surface area contributed by atoms with Gasteiger partial charge in [0.25, 0.3) is 11.8 Å². The lowest BCUT2D eigenvalue weighted by atomic mass is 10.0. The predicted octanol–water partition coefficient (Wildman–Crippen LogP) is 3.01. The van der Waals surface area contributed by atoms with Gasteiger partial charge in [-0.1, -0.05) is 24.3 Å². The van der Waals surface area contributed by atoms with Crippen LogP contribution in [0, 0.1) is 0 Å². The number of nitrogens with one attached hydrogen (secondary N) is 4. The molecule has 0 radical (unpaired) electrons. The van der Waals surface area contributed by atoms with Gasteiger partial charge in [0.05, 0.1) is 34.6 Å². The maximum absolute atomic E-state index is 13.1. The summed E-state index contributed by atoms with van der Waals surface area (Å²) in [5.74, 6) is -0.502. The minimum Gasteiger partial charge on any atom is -0.353 e. The Morgan fingerprint density at radius 3 is 2.44 bits per heavy atom. The Morgan fingerprint density at radius 2 is 1.67 bits per heavy atom. The van der Waals surface area contributed by atoms with Crippen LogP contribution in [-0.4, -0.2) is 82.6 Å². The van der Waals surface area contributed by atoms with Gasteiger partial charge in [-0.3, -0.25) is 19.2 Å². The molecule has 204 valence electrons. The molecule has 0 unspecified atom stereocenters. The van der Waals surface area contributed by atoms with Gasteiger partial charge in [0.15, 0.2) is 0 Å². The molecule has 1 fully saturated rings. The molecule has 2 aliphatic heterocycles. The summed E-state index contributed by atoms with van der Waals surface area (Å²) in [5, 5.41) is 9.18. The summed E-state index contributed by atoms with van der Waals surface area (Å²) >= 11 is 0. The summed E-state index contributed by atoms with van der Waals surface area (Å²) in [7, 11) is -1.36. The van der Waals surface area contributed by atoms with E-state index >= 15 is 0 Å². The van der Waals surface area contributed by atoms with Crippen LogP contribution in [-0.2, 0) is 10.0 Å². The van der Waals surface area contributed by atoms with Crippen molar-refractivity contribution in [1.82, 2.24) is 15.1 Å². The molecule has 0 spiro atoms. The molecule has 4 N–H and O–H groups in total. The van der Waals surface area contributed by atoms with Crippen molar-refractivity contribution in [3.8, 4) is 11.1 Å². The Hall–Kier alpha value is -3.93. The van der Waals surface area contributed by atoms with Gasteiger partial charge in [0.2, 0.25) is 10.0 Å². The molecule has 2 aliphatic rings. The number of amides is 2. The first kappa shape index (κ1) is 26.7. The first-order valence-electron chi connectivity index (χ1n) is 12.8. The smallest absolute Gasteiger partial charge is 0.257 e. The van der Waals surface area contributed by atoms with E-state index in [2.05, 4.69) is 37.5 Å². The van der Waals surface area contributed by atoms with Gasteiger partial charge in [-0.25, -0.2) is 8.42 Å². The van der Waals surface area contributed by atoms with E-state index in [4.69, 9.17) is 0 Å². The zero-order chi connectivity index (χ0) is 27.6. The average Bonchev–Trinajstić information content (AvgIpc) is 3.03. The van der Waals surface area contributed by atoms with Crippen molar-refractivity contribution in [3.63, 3.8) is 0 Å². The van der Waals surface area contributed by atoms with Gasteiger partial charge in [-0.15, -0.1) is 0 Å². The number of carbonyl (C=O) groups is 2. The summed E-state index contributed by atoms with van der Waals surface area (Å²) in [6, 6.07) is 17.5. The summed E-state index contributed by atoms with van der Waals surface area (Å²) in [5.41, 5.74) is 4.48. The molecule has 0 bridgehead atoms. The summed E-state index contributed by atoms with van der Waals surface area (Å²) in [6.45, 7) is 5.38. The zero-order valence-corrected chi connectivity index (χ0v) is 22.8. The van der Waals surface area contributed by atoms with Crippen LogP contribution in [0.25, 0.3) is 11.1 Å². The molecule has 0 atom stereocenters. The largest absolute Gasteiger partial charge is 0.353 e. The van der Waals surface area contributed by atoms with Crippen LogP contribution in [0.1, 0.15) is 20.7 Å². The van der Waals surface area contributed by atoms with Crippen molar-refractivity contribution in [2.45, 2.75) is 0 Å². The SMILES string of the molecule is CN1CCN(CCNC(=O)c2ccc3c(c2)NC(=O)c2ccc(-c4ccccc4NS(C)(=O)=O)cc2N3)CC1. The number of benzene rings is 3. The fourth-order valence-corrected chi connectivity index (χ4v) is 5.35. The Bertz CT molecular complexity index is 1520. The molecule has 1 saturated heterocycles. The van der Waals surface area contributed by atoms with Crippen molar-refractivity contribution >= 4 is 44.6 Å². The molecule has 11 heteroatoms. The highest BCUT2D eigenvalue weighted by Crippen LogP contribution is 2.37. The minimum atomic E-state index is -3.47. The summed E-state index contributed by atoms with van der Waals surface area (Å²) in [4.78, 5) is 30.5. The lowest BCUT2D eigenvalue weighted by Gasteiger charge is -2.32. The topological polar surface area (TPSA) is 123 Å². The molecule has 5 rings (SSSR count). The van der Waals surface area contributed by atoms with Crippen molar-refractivity contribution in [3.05, 3.63) is 71.8 Å².